The number of rotatable bonds is 6. The lowest BCUT2D eigenvalue weighted by atomic mass is 10.1. The molecule has 5 heteroatoms. The van der Waals surface area contributed by atoms with Crippen molar-refractivity contribution >= 4 is 17.6 Å². The van der Waals surface area contributed by atoms with Gasteiger partial charge in [0.15, 0.2) is 12.7 Å². The molecule has 2 aromatic rings. The van der Waals surface area contributed by atoms with Crippen molar-refractivity contribution < 1.29 is 19.1 Å². The molecule has 0 aromatic heterocycles. The maximum absolute atomic E-state index is 12.0. The van der Waals surface area contributed by atoms with Crippen LogP contribution in [0.3, 0.4) is 0 Å². The lowest BCUT2D eigenvalue weighted by molar-refractivity contribution is -0.155. The van der Waals surface area contributed by atoms with Crippen molar-refractivity contribution in [1.82, 2.24) is 0 Å². The van der Waals surface area contributed by atoms with Crippen LogP contribution >= 0.6 is 0 Å². The van der Waals surface area contributed by atoms with E-state index < -0.39 is 12.1 Å². The molecule has 1 amide bonds. The summed E-state index contributed by atoms with van der Waals surface area (Å²) in [4.78, 5) is 23.8. The second kappa shape index (κ2) is 8.15. The Labute approximate surface area is 141 Å². The predicted octanol–water partition coefficient (Wildman–Crippen LogP) is 3.25. The standard InChI is InChI=1S/C19H21NO4/c1-13-8-7-11-17(14(13)2)23-12-18(21)24-15(3)19(22)20-16-9-5-4-6-10-16/h4-11,15H,12H2,1-3H3,(H,20,22)/t15-/m0/s1. The van der Waals surface area contributed by atoms with E-state index in [1.807, 2.05) is 44.2 Å². The molecule has 1 N–H and O–H groups in total. The molecule has 0 aliphatic carbocycles. The Morgan fingerprint density at radius 3 is 2.46 bits per heavy atom. The third kappa shape index (κ3) is 4.84. The lowest BCUT2D eigenvalue weighted by Gasteiger charge is -2.14. The van der Waals surface area contributed by atoms with Crippen molar-refractivity contribution in [2.24, 2.45) is 0 Å². The minimum absolute atomic E-state index is 0.243. The molecule has 0 bridgehead atoms. The van der Waals surface area contributed by atoms with Crippen LogP contribution in [-0.4, -0.2) is 24.6 Å². The number of para-hydroxylation sites is 1. The van der Waals surface area contributed by atoms with E-state index in [0.717, 1.165) is 11.1 Å². The number of carbonyl (C=O) groups excluding carboxylic acids is 2. The van der Waals surface area contributed by atoms with Crippen LogP contribution < -0.4 is 10.1 Å². The number of benzene rings is 2. The summed E-state index contributed by atoms with van der Waals surface area (Å²) in [6.45, 7) is 5.17. The molecule has 24 heavy (non-hydrogen) atoms. The summed E-state index contributed by atoms with van der Waals surface area (Å²) in [5, 5.41) is 2.68. The Kier molecular flexibility index (Phi) is 5.95. The third-order valence-corrected chi connectivity index (χ3v) is 3.62. The molecule has 0 fully saturated rings. The van der Waals surface area contributed by atoms with E-state index in [0.29, 0.717) is 11.4 Å². The van der Waals surface area contributed by atoms with Gasteiger partial charge in [0, 0.05) is 5.69 Å². The van der Waals surface area contributed by atoms with Gasteiger partial charge in [-0.1, -0.05) is 30.3 Å². The van der Waals surface area contributed by atoms with Crippen LogP contribution in [0.5, 0.6) is 5.75 Å². The number of esters is 1. The Hall–Kier alpha value is -2.82. The number of nitrogens with one attached hydrogen (secondary N) is 1. The Balaban J connectivity index is 1.83. The zero-order chi connectivity index (χ0) is 17.5. The Morgan fingerprint density at radius 2 is 1.75 bits per heavy atom. The van der Waals surface area contributed by atoms with Crippen molar-refractivity contribution in [2.75, 3.05) is 11.9 Å². The van der Waals surface area contributed by atoms with Crippen molar-refractivity contribution in [1.29, 1.82) is 0 Å². The molecular formula is C19H21NO4. The molecule has 126 valence electrons. The Morgan fingerprint density at radius 1 is 1.04 bits per heavy atom. The summed E-state index contributed by atoms with van der Waals surface area (Å²) in [7, 11) is 0. The van der Waals surface area contributed by atoms with Gasteiger partial charge in [-0.3, -0.25) is 4.79 Å². The van der Waals surface area contributed by atoms with Crippen molar-refractivity contribution in [3.05, 3.63) is 59.7 Å². The largest absolute Gasteiger partial charge is 0.482 e. The van der Waals surface area contributed by atoms with E-state index in [9.17, 15) is 9.59 Å². The number of carbonyl (C=O) groups is 2. The summed E-state index contributed by atoms with van der Waals surface area (Å²) >= 11 is 0. The maximum Gasteiger partial charge on any atom is 0.344 e. The van der Waals surface area contributed by atoms with Gasteiger partial charge in [-0.15, -0.1) is 0 Å². The molecule has 0 unspecified atom stereocenters. The molecule has 0 saturated carbocycles. The molecule has 2 rings (SSSR count). The summed E-state index contributed by atoms with van der Waals surface area (Å²) < 4.78 is 10.6. The van der Waals surface area contributed by atoms with Crippen LogP contribution in [0.25, 0.3) is 0 Å². The first-order chi connectivity index (χ1) is 11.5. The molecule has 0 radical (unpaired) electrons. The maximum atomic E-state index is 12.0. The van der Waals surface area contributed by atoms with Crippen LogP contribution in [0.4, 0.5) is 5.69 Å². The van der Waals surface area contributed by atoms with Gasteiger partial charge in [-0.25, -0.2) is 4.79 Å². The summed E-state index contributed by atoms with van der Waals surface area (Å²) in [6, 6.07) is 14.6. The van der Waals surface area contributed by atoms with E-state index in [-0.39, 0.29) is 12.5 Å². The molecule has 5 nitrogen and oxygen atoms in total. The zero-order valence-corrected chi connectivity index (χ0v) is 14.0. The smallest absolute Gasteiger partial charge is 0.344 e. The van der Waals surface area contributed by atoms with E-state index in [2.05, 4.69) is 5.32 Å². The average molecular weight is 327 g/mol. The molecule has 0 aliphatic rings. The highest BCUT2D eigenvalue weighted by Gasteiger charge is 2.18. The molecule has 0 heterocycles. The highest BCUT2D eigenvalue weighted by Crippen LogP contribution is 2.20. The number of anilines is 1. The molecule has 0 spiro atoms. The number of hydrogen-bond acceptors (Lipinski definition) is 4. The summed E-state index contributed by atoms with van der Waals surface area (Å²) in [6.07, 6.45) is -0.903. The number of aryl methyl sites for hydroxylation is 1. The fourth-order valence-corrected chi connectivity index (χ4v) is 2.07. The normalized spacial score (nSPS) is 11.5. The summed E-state index contributed by atoms with van der Waals surface area (Å²) in [5.74, 6) is -0.346. The number of ether oxygens (including phenoxy) is 2. The summed E-state index contributed by atoms with van der Waals surface area (Å²) in [5.41, 5.74) is 2.70. The van der Waals surface area contributed by atoms with Gasteiger partial charge < -0.3 is 14.8 Å². The van der Waals surface area contributed by atoms with E-state index >= 15 is 0 Å². The molecule has 0 aliphatic heterocycles. The van der Waals surface area contributed by atoms with E-state index in [1.165, 1.54) is 6.92 Å². The quantitative estimate of drug-likeness (QED) is 0.827. The highest BCUT2D eigenvalue weighted by atomic mass is 16.6. The van der Waals surface area contributed by atoms with Crippen LogP contribution in [0.2, 0.25) is 0 Å². The zero-order valence-electron chi connectivity index (χ0n) is 14.0. The number of amides is 1. The third-order valence-electron chi connectivity index (χ3n) is 3.62. The first kappa shape index (κ1) is 17.5. The van der Waals surface area contributed by atoms with Gasteiger partial charge in [-0.2, -0.15) is 0 Å². The van der Waals surface area contributed by atoms with Gasteiger partial charge in [0.2, 0.25) is 0 Å². The molecule has 1 atom stereocenters. The Bertz CT molecular complexity index is 713. The van der Waals surface area contributed by atoms with Gasteiger partial charge in [0.05, 0.1) is 0 Å². The van der Waals surface area contributed by atoms with Crippen molar-refractivity contribution in [2.45, 2.75) is 26.9 Å². The van der Waals surface area contributed by atoms with E-state index in [1.54, 1.807) is 18.2 Å². The second-order valence-corrected chi connectivity index (χ2v) is 5.47. The highest BCUT2D eigenvalue weighted by molar-refractivity contribution is 5.95. The van der Waals surface area contributed by atoms with E-state index in [4.69, 9.17) is 9.47 Å². The van der Waals surface area contributed by atoms with Crippen LogP contribution in [0, 0.1) is 13.8 Å². The van der Waals surface area contributed by atoms with Crippen LogP contribution in [0.15, 0.2) is 48.5 Å². The van der Waals surface area contributed by atoms with Gasteiger partial charge in [-0.05, 0) is 50.1 Å². The molecular weight excluding hydrogens is 306 g/mol. The monoisotopic (exact) mass is 327 g/mol. The van der Waals surface area contributed by atoms with Gasteiger partial charge >= 0.3 is 5.97 Å². The van der Waals surface area contributed by atoms with Gasteiger partial charge in [0.25, 0.3) is 5.91 Å². The first-order valence-corrected chi connectivity index (χ1v) is 7.72. The first-order valence-electron chi connectivity index (χ1n) is 7.72. The molecule has 2 aromatic carbocycles. The predicted molar refractivity (Wildman–Crippen MR) is 92.0 cm³/mol. The minimum Gasteiger partial charge on any atom is -0.482 e. The van der Waals surface area contributed by atoms with Gasteiger partial charge in [0.1, 0.15) is 5.75 Å². The SMILES string of the molecule is Cc1cccc(OCC(=O)O[C@@H](C)C(=O)Nc2ccccc2)c1C. The lowest BCUT2D eigenvalue weighted by Crippen LogP contribution is -2.31. The van der Waals surface area contributed by atoms with Crippen LogP contribution in [-0.2, 0) is 14.3 Å². The number of hydrogen-bond donors (Lipinski definition) is 1. The van der Waals surface area contributed by atoms with Crippen LogP contribution in [0.1, 0.15) is 18.1 Å². The topological polar surface area (TPSA) is 64.6 Å². The van der Waals surface area contributed by atoms with Crippen molar-refractivity contribution in [3.8, 4) is 5.75 Å². The minimum atomic E-state index is -0.903. The fourth-order valence-electron chi connectivity index (χ4n) is 2.07. The molecule has 0 saturated heterocycles. The fraction of sp³-hybridized carbons (Fsp3) is 0.263. The average Bonchev–Trinajstić information content (AvgIpc) is 2.57. The van der Waals surface area contributed by atoms with Crippen molar-refractivity contribution in [3.63, 3.8) is 0 Å². The second-order valence-electron chi connectivity index (χ2n) is 5.47.